The van der Waals surface area contributed by atoms with Gasteiger partial charge >= 0.3 is 5.63 Å². The van der Waals surface area contributed by atoms with Crippen molar-refractivity contribution in [2.45, 2.75) is 6.42 Å². The third kappa shape index (κ3) is 3.98. The Hall–Kier alpha value is -6.07. The number of hydrogen-bond donors (Lipinski definition) is 0. The first-order chi connectivity index (χ1) is 27.5. The van der Waals surface area contributed by atoms with E-state index in [4.69, 9.17) is 4.42 Å². The summed E-state index contributed by atoms with van der Waals surface area (Å²) >= 11 is 8.02. The summed E-state index contributed by atoms with van der Waals surface area (Å²) in [5, 5.41) is 22.2. The topological polar surface area (TPSA) is 30.2 Å². The molecule has 0 N–H and O–H groups in total. The lowest BCUT2D eigenvalue weighted by atomic mass is 9.86. The van der Waals surface area contributed by atoms with Crippen LogP contribution in [0.5, 0.6) is 0 Å². The van der Waals surface area contributed by atoms with Crippen LogP contribution in [-0.2, 0) is 6.42 Å². The Morgan fingerprint density at radius 3 is 1.52 bits per heavy atom. The van der Waals surface area contributed by atoms with Crippen LogP contribution in [0.3, 0.4) is 0 Å². The molecule has 0 aliphatic heterocycles. The van der Waals surface area contributed by atoms with Gasteiger partial charge in [-0.05, 0) is 121 Å². The fourth-order valence-electron chi connectivity index (χ4n) is 10.2. The Kier molecular flexibility index (Phi) is 6.14. The smallest absolute Gasteiger partial charge is 0.340 e. The molecule has 13 rings (SSSR count). The van der Waals surface area contributed by atoms with Crippen LogP contribution in [0.4, 0.5) is 0 Å². The van der Waals surface area contributed by atoms with Crippen LogP contribution in [-0.4, -0.2) is 0 Å². The molecule has 1 aliphatic rings. The normalized spacial score (nSPS) is 12.8. The van der Waals surface area contributed by atoms with Crippen LogP contribution in [0.25, 0.3) is 119 Å². The van der Waals surface area contributed by atoms with E-state index in [1.165, 1.54) is 70.0 Å². The molecule has 4 heteroatoms. The van der Waals surface area contributed by atoms with E-state index in [-0.39, 0.29) is 5.63 Å². The highest BCUT2D eigenvalue weighted by Gasteiger charge is 2.31. The summed E-state index contributed by atoms with van der Waals surface area (Å²) in [6.07, 6.45) is 0.499. The SMILES string of the molecule is O=c1oc2ccc3cc(Br)c4ccc5ccc6ccc7ccccc7c6c5c4c3c2c2c1Cc1cc(Br)c3ccc4ccc5ccc6ccccc6c5c4c3c1-2. The van der Waals surface area contributed by atoms with Gasteiger partial charge in [0.05, 0.1) is 5.56 Å². The van der Waals surface area contributed by atoms with Crippen LogP contribution in [0.1, 0.15) is 11.1 Å². The number of fused-ring (bicyclic) bond motifs is 23. The molecule has 0 amide bonds. The quantitative estimate of drug-likeness (QED) is 0.112. The zero-order valence-electron chi connectivity index (χ0n) is 29.6. The Balaban J connectivity index is 1.32. The summed E-state index contributed by atoms with van der Waals surface area (Å²) in [5.74, 6) is 0. The van der Waals surface area contributed by atoms with E-state index in [9.17, 15) is 4.79 Å². The summed E-state index contributed by atoms with van der Waals surface area (Å²) in [4.78, 5) is 14.3. The maximum absolute atomic E-state index is 14.3. The molecule has 0 unspecified atom stereocenters. The molecule has 0 atom stereocenters. The predicted molar refractivity (Wildman–Crippen MR) is 244 cm³/mol. The molecule has 1 aliphatic carbocycles. The fraction of sp³-hybridized carbons (Fsp3) is 0.0192. The van der Waals surface area contributed by atoms with Crippen molar-refractivity contribution in [2.75, 3.05) is 0 Å². The molecule has 260 valence electrons. The molecule has 56 heavy (non-hydrogen) atoms. The average molecular weight is 843 g/mol. The molecule has 0 saturated heterocycles. The van der Waals surface area contributed by atoms with Crippen LogP contribution in [0.15, 0.2) is 164 Å². The third-order valence-corrected chi connectivity index (χ3v) is 13.8. The summed E-state index contributed by atoms with van der Waals surface area (Å²) in [6.45, 7) is 0. The van der Waals surface area contributed by atoms with Gasteiger partial charge in [-0.3, -0.25) is 0 Å². The largest absolute Gasteiger partial charge is 0.422 e. The van der Waals surface area contributed by atoms with Crippen molar-refractivity contribution in [1.29, 1.82) is 0 Å². The van der Waals surface area contributed by atoms with Crippen molar-refractivity contribution in [1.82, 2.24) is 0 Å². The first kappa shape index (κ1) is 31.2. The molecule has 1 aromatic heterocycles. The number of benzene rings is 11. The van der Waals surface area contributed by atoms with Crippen molar-refractivity contribution >= 4 is 140 Å². The van der Waals surface area contributed by atoms with E-state index in [1.54, 1.807) is 0 Å². The van der Waals surface area contributed by atoms with Gasteiger partial charge in [0.25, 0.3) is 0 Å². The Labute approximate surface area is 335 Å². The zero-order valence-corrected chi connectivity index (χ0v) is 32.8. The van der Waals surface area contributed by atoms with Gasteiger partial charge in [0.2, 0.25) is 0 Å². The number of rotatable bonds is 0. The summed E-state index contributed by atoms with van der Waals surface area (Å²) in [6, 6.07) is 52.8. The van der Waals surface area contributed by atoms with Crippen molar-refractivity contribution in [3.8, 4) is 11.1 Å². The van der Waals surface area contributed by atoms with Crippen molar-refractivity contribution in [3.63, 3.8) is 0 Å². The Morgan fingerprint density at radius 2 is 0.875 bits per heavy atom. The van der Waals surface area contributed by atoms with Crippen LogP contribution >= 0.6 is 31.9 Å². The van der Waals surface area contributed by atoms with Crippen LogP contribution in [0.2, 0.25) is 0 Å². The van der Waals surface area contributed by atoms with Gasteiger partial charge in [0.1, 0.15) is 5.58 Å². The summed E-state index contributed by atoms with van der Waals surface area (Å²) < 4.78 is 8.43. The van der Waals surface area contributed by atoms with E-state index in [0.29, 0.717) is 17.6 Å². The van der Waals surface area contributed by atoms with Gasteiger partial charge in [-0.1, -0.05) is 159 Å². The van der Waals surface area contributed by atoms with Gasteiger partial charge in [-0.15, -0.1) is 0 Å². The molecule has 2 nitrogen and oxygen atoms in total. The van der Waals surface area contributed by atoms with Crippen LogP contribution in [0, 0.1) is 0 Å². The average Bonchev–Trinajstić information content (AvgIpc) is 3.62. The highest BCUT2D eigenvalue weighted by Crippen LogP contribution is 2.52. The van der Waals surface area contributed by atoms with Gasteiger partial charge in [0, 0.05) is 31.7 Å². The third-order valence-electron chi connectivity index (χ3n) is 12.5. The molecule has 0 spiro atoms. The van der Waals surface area contributed by atoms with Crippen LogP contribution < -0.4 is 5.63 Å². The highest BCUT2D eigenvalue weighted by atomic mass is 79.9. The van der Waals surface area contributed by atoms with Gasteiger partial charge in [0.15, 0.2) is 0 Å². The van der Waals surface area contributed by atoms with Gasteiger partial charge in [-0.2, -0.15) is 0 Å². The maximum Gasteiger partial charge on any atom is 0.340 e. The van der Waals surface area contributed by atoms with Crippen molar-refractivity contribution in [3.05, 3.63) is 176 Å². The summed E-state index contributed by atoms with van der Waals surface area (Å²) in [7, 11) is 0. The molecule has 0 fully saturated rings. The van der Waals surface area contributed by atoms with E-state index in [0.717, 1.165) is 58.0 Å². The lowest BCUT2D eigenvalue weighted by molar-refractivity contribution is 0.555. The standard InChI is InChI=1S/C52H26Br2O2/c53-39-24-32-19-22-41-51(46(32)48-36(39)20-17-30-15-13-28-11-9-26-5-1-3-7-34(26)42(28)44(30)48)50-38(52(55)56-41)23-33-25-40(54)37-21-18-31-16-14-29-12-10-27-6-2-4-8-35(27)43(29)45(31)49(37)47(33)50/h1-22,24-25H,23H2. The second kappa shape index (κ2) is 11.0. The minimum absolute atomic E-state index is 0.273. The van der Waals surface area contributed by atoms with E-state index in [1.807, 2.05) is 6.07 Å². The molecule has 1 heterocycles. The highest BCUT2D eigenvalue weighted by molar-refractivity contribution is 9.11. The van der Waals surface area contributed by atoms with E-state index >= 15 is 0 Å². The molecule has 0 saturated carbocycles. The fourth-order valence-corrected chi connectivity index (χ4v) is 11.4. The first-order valence-electron chi connectivity index (χ1n) is 18.9. The first-order valence-corrected chi connectivity index (χ1v) is 20.5. The lowest BCUT2D eigenvalue weighted by Gasteiger charge is -2.18. The van der Waals surface area contributed by atoms with Gasteiger partial charge in [-0.25, -0.2) is 4.79 Å². The second-order valence-electron chi connectivity index (χ2n) is 15.3. The lowest BCUT2D eigenvalue weighted by Crippen LogP contribution is -2.06. The molecular weight excluding hydrogens is 816 g/mol. The number of halogens is 2. The molecular formula is C52H26Br2O2. The van der Waals surface area contributed by atoms with Crippen molar-refractivity contribution < 1.29 is 4.42 Å². The maximum atomic E-state index is 14.3. The van der Waals surface area contributed by atoms with Gasteiger partial charge < -0.3 is 4.42 Å². The molecule has 0 bridgehead atoms. The second-order valence-corrected chi connectivity index (χ2v) is 17.0. The monoisotopic (exact) mass is 840 g/mol. The zero-order chi connectivity index (χ0) is 37.0. The molecule has 0 radical (unpaired) electrons. The molecule has 12 aromatic rings. The van der Waals surface area contributed by atoms with E-state index < -0.39 is 0 Å². The minimum atomic E-state index is -0.273. The molecule has 11 aromatic carbocycles. The number of hydrogen-bond acceptors (Lipinski definition) is 2. The minimum Gasteiger partial charge on any atom is -0.422 e. The summed E-state index contributed by atoms with van der Waals surface area (Å²) in [5.41, 5.74) is 4.29. The Morgan fingerprint density at radius 1 is 0.393 bits per heavy atom. The van der Waals surface area contributed by atoms with Crippen molar-refractivity contribution in [2.24, 2.45) is 0 Å². The van der Waals surface area contributed by atoms with E-state index in [2.05, 4.69) is 171 Å². The Bertz CT molecular complexity index is 3890. The predicted octanol–water partition coefficient (Wildman–Crippen LogP) is 15.3.